The van der Waals surface area contributed by atoms with Gasteiger partial charge in [0.05, 0.1) is 6.61 Å². The van der Waals surface area contributed by atoms with Crippen molar-refractivity contribution in [2.24, 2.45) is 23.7 Å². The lowest BCUT2D eigenvalue weighted by molar-refractivity contribution is 0.210. The highest BCUT2D eigenvalue weighted by atomic mass is 16.5. The van der Waals surface area contributed by atoms with Crippen LogP contribution in [0.4, 0.5) is 0 Å². The molecule has 3 aliphatic carbocycles. The molecule has 2 atom stereocenters. The molecule has 0 amide bonds. The van der Waals surface area contributed by atoms with Crippen molar-refractivity contribution in [1.82, 2.24) is 0 Å². The van der Waals surface area contributed by atoms with Gasteiger partial charge < -0.3 is 4.74 Å². The first-order chi connectivity index (χ1) is 19.7. The largest absolute Gasteiger partial charge is 0.493 e. The average molecular weight is 547 g/mol. The van der Waals surface area contributed by atoms with E-state index in [9.17, 15) is 0 Å². The Kier molecular flexibility index (Phi) is 15.3. The lowest BCUT2D eigenvalue weighted by Crippen LogP contribution is -2.17. The van der Waals surface area contributed by atoms with Crippen molar-refractivity contribution in [3.63, 3.8) is 0 Å². The maximum Gasteiger partial charge on any atom is 0.127 e. The zero-order valence-corrected chi connectivity index (χ0v) is 27.0. The third-order valence-electron chi connectivity index (χ3n) is 10.1. The first-order valence-corrected chi connectivity index (χ1v) is 17.5. The van der Waals surface area contributed by atoms with Crippen molar-refractivity contribution in [3.05, 3.63) is 47.5 Å². The summed E-state index contributed by atoms with van der Waals surface area (Å²) >= 11 is 0. The van der Waals surface area contributed by atoms with Gasteiger partial charge in [0, 0.05) is 5.39 Å². The fraction of sp³-hybridized carbons (Fsp3) is 0.692. The Labute approximate surface area is 248 Å². The number of hydrogen-bond donors (Lipinski definition) is 0. The summed E-state index contributed by atoms with van der Waals surface area (Å²) in [7, 11) is 0. The van der Waals surface area contributed by atoms with E-state index in [1.807, 2.05) is 13.8 Å². The monoisotopic (exact) mass is 546 g/mol. The van der Waals surface area contributed by atoms with Crippen molar-refractivity contribution >= 4 is 16.8 Å². The van der Waals surface area contributed by atoms with Crippen molar-refractivity contribution in [1.29, 1.82) is 0 Å². The Morgan fingerprint density at radius 3 is 1.88 bits per heavy atom. The number of allylic oxidation sites excluding steroid dienone is 1. The maximum absolute atomic E-state index is 6.37. The second-order valence-electron chi connectivity index (χ2n) is 12.7. The summed E-state index contributed by atoms with van der Waals surface area (Å²) in [4.78, 5) is 0. The summed E-state index contributed by atoms with van der Waals surface area (Å²) in [6.07, 6.45) is 28.8. The van der Waals surface area contributed by atoms with Crippen LogP contribution in [0.25, 0.3) is 16.8 Å². The molecule has 0 aliphatic heterocycles. The SMILES string of the molecule is CC.CCC1CCCCC1CC.Cc1ccc(/C=C\CC2CCCCC2)c2cccc(OCC3CCCCC3)c12. The van der Waals surface area contributed by atoms with E-state index in [1.165, 1.54) is 131 Å². The van der Waals surface area contributed by atoms with Crippen LogP contribution < -0.4 is 4.74 Å². The molecule has 0 saturated heterocycles. The van der Waals surface area contributed by atoms with Crippen molar-refractivity contribution in [3.8, 4) is 5.75 Å². The molecule has 2 aromatic rings. The molecule has 1 nitrogen and oxygen atoms in total. The molecule has 3 saturated carbocycles. The summed E-state index contributed by atoms with van der Waals surface area (Å²) in [5.41, 5.74) is 2.65. The number of ether oxygens (including phenoxy) is 1. The van der Waals surface area contributed by atoms with Gasteiger partial charge in [-0.3, -0.25) is 0 Å². The van der Waals surface area contributed by atoms with E-state index in [0.717, 1.165) is 36.0 Å². The lowest BCUT2D eigenvalue weighted by atomic mass is 9.77. The molecule has 224 valence electrons. The van der Waals surface area contributed by atoms with Crippen LogP contribution in [0, 0.1) is 30.6 Å². The van der Waals surface area contributed by atoms with Crippen LogP contribution in [0.2, 0.25) is 0 Å². The summed E-state index contributed by atoms with van der Waals surface area (Å²) < 4.78 is 6.37. The Hall–Kier alpha value is -1.76. The van der Waals surface area contributed by atoms with Crippen LogP contribution in [-0.4, -0.2) is 6.61 Å². The van der Waals surface area contributed by atoms with Gasteiger partial charge in [-0.25, -0.2) is 0 Å². The maximum atomic E-state index is 6.37. The third-order valence-corrected chi connectivity index (χ3v) is 10.1. The second-order valence-corrected chi connectivity index (χ2v) is 12.7. The van der Waals surface area contributed by atoms with Crippen LogP contribution in [0.1, 0.15) is 148 Å². The van der Waals surface area contributed by atoms with Gasteiger partial charge in [0.1, 0.15) is 5.75 Å². The van der Waals surface area contributed by atoms with E-state index < -0.39 is 0 Å². The first kappa shape index (κ1) is 32.8. The smallest absolute Gasteiger partial charge is 0.127 e. The summed E-state index contributed by atoms with van der Waals surface area (Å²) in [5.74, 6) is 4.85. The molecule has 40 heavy (non-hydrogen) atoms. The van der Waals surface area contributed by atoms with Crippen LogP contribution in [0.3, 0.4) is 0 Å². The minimum absolute atomic E-state index is 0.739. The number of benzene rings is 2. The van der Waals surface area contributed by atoms with E-state index in [2.05, 4.69) is 63.3 Å². The Bertz CT molecular complexity index is 964. The predicted octanol–water partition coefficient (Wildman–Crippen LogP) is 12.7. The Balaban J connectivity index is 0.000000309. The van der Waals surface area contributed by atoms with Gasteiger partial charge in [0.25, 0.3) is 0 Å². The highest BCUT2D eigenvalue weighted by Gasteiger charge is 2.21. The molecule has 1 heteroatoms. The normalized spacial score (nSPS) is 22.3. The number of fused-ring (bicyclic) bond motifs is 1. The summed E-state index contributed by atoms with van der Waals surface area (Å²) in [6.45, 7) is 11.8. The van der Waals surface area contributed by atoms with E-state index in [-0.39, 0.29) is 0 Å². The molecular formula is C39H62O. The minimum Gasteiger partial charge on any atom is -0.493 e. The number of aryl methyl sites for hydroxylation is 1. The third kappa shape index (κ3) is 9.95. The molecule has 2 aromatic carbocycles. The fourth-order valence-electron chi connectivity index (χ4n) is 7.56. The van der Waals surface area contributed by atoms with Gasteiger partial charge in [-0.15, -0.1) is 0 Å². The van der Waals surface area contributed by atoms with Gasteiger partial charge >= 0.3 is 0 Å². The molecule has 3 aliphatic rings. The van der Waals surface area contributed by atoms with E-state index >= 15 is 0 Å². The van der Waals surface area contributed by atoms with Crippen LogP contribution in [0.15, 0.2) is 36.4 Å². The van der Waals surface area contributed by atoms with E-state index in [1.54, 1.807) is 0 Å². The Morgan fingerprint density at radius 2 is 1.27 bits per heavy atom. The minimum atomic E-state index is 0.739. The van der Waals surface area contributed by atoms with Gasteiger partial charge in [-0.1, -0.05) is 154 Å². The van der Waals surface area contributed by atoms with Crippen LogP contribution in [0.5, 0.6) is 5.75 Å². The predicted molar refractivity (Wildman–Crippen MR) is 178 cm³/mol. The highest BCUT2D eigenvalue weighted by Crippen LogP contribution is 2.35. The molecular weight excluding hydrogens is 484 g/mol. The van der Waals surface area contributed by atoms with E-state index in [4.69, 9.17) is 4.74 Å². The molecule has 2 unspecified atom stereocenters. The highest BCUT2D eigenvalue weighted by molar-refractivity contribution is 5.97. The van der Waals surface area contributed by atoms with Gasteiger partial charge in [0.2, 0.25) is 0 Å². The second kappa shape index (κ2) is 18.6. The molecule has 0 heterocycles. The van der Waals surface area contributed by atoms with Crippen molar-refractivity contribution in [2.45, 2.75) is 144 Å². The zero-order valence-electron chi connectivity index (χ0n) is 27.0. The Morgan fingerprint density at radius 1 is 0.700 bits per heavy atom. The quantitative estimate of drug-likeness (QED) is 0.320. The standard InChI is InChI=1S/C27H36O.C10H20.C2H6/c1-21-18-19-24(15-8-14-22-10-4-2-5-11-22)25-16-9-17-26(27(21)25)28-20-23-12-6-3-7-13-23;1-3-9-7-5-6-8-10(9)4-2;1-2/h8-9,15-19,22-23H,2-7,10-14,20H2,1H3;9-10H,3-8H2,1-2H3;1-2H3/b15-8-;;. The van der Waals surface area contributed by atoms with Gasteiger partial charge in [-0.05, 0) is 72.4 Å². The van der Waals surface area contributed by atoms with Crippen LogP contribution in [-0.2, 0) is 0 Å². The van der Waals surface area contributed by atoms with Gasteiger partial charge in [0.15, 0.2) is 0 Å². The molecule has 0 aromatic heterocycles. The lowest BCUT2D eigenvalue weighted by Gasteiger charge is -2.29. The van der Waals surface area contributed by atoms with Crippen molar-refractivity contribution < 1.29 is 4.74 Å². The summed E-state index contributed by atoms with van der Waals surface area (Å²) in [6, 6.07) is 11.1. The van der Waals surface area contributed by atoms with Crippen molar-refractivity contribution in [2.75, 3.05) is 6.61 Å². The molecule has 0 radical (unpaired) electrons. The van der Waals surface area contributed by atoms with Gasteiger partial charge in [-0.2, -0.15) is 0 Å². The molecule has 0 bridgehead atoms. The molecule has 3 fully saturated rings. The molecule has 0 spiro atoms. The summed E-state index contributed by atoms with van der Waals surface area (Å²) in [5, 5.41) is 2.64. The topological polar surface area (TPSA) is 9.23 Å². The number of hydrogen-bond acceptors (Lipinski definition) is 1. The fourth-order valence-corrected chi connectivity index (χ4v) is 7.56. The zero-order chi connectivity index (χ0) is 28.6. The van der Waals surface area contributed by atoms with E-state index in [0.29, 0.717) is 0 Å². The molecule has 5 rings (SSSR count). The first-order valence-electron chi connectivity index (χ1n) is 17.5. The average Bonchev–Trinajstić information content (AvgIpc) is 3.03. The van der Waals surface area contributed by atoms with Crippen LogP contribution >= 0.6 is 0 Å². The molecule has 0 N–H and O–H groups in total. The number of rotatable bonds is 8.